The molecule has 2 aromatic rings. The Labute approximate surface area is 145 Å². The van der Waals surface area contributed by atoms with Gasteiger partial charge in [-0.1, -0.05) is 26.8 Å². The fraction of sp³-hybridized carbons (Fsp3) is 0.500. The molecule has 0 atom stereocenters. The van der Waals surface area contributed by atoms with Crippen LogP contribution in [0, 0.1) is 0 Å². The molecule has 1 heterocycles. The second-order valence-electron chi connectivity index (χ2n) is 6.09. The molecule has 0 saturated carbocycles. The van der Waals surface area contributed by atoms with E-state index in [1.807, 2.05) is 13.0 Å². The molecule has 1 aromatic heterocycles. The SMILES string of the molecule is CCc1cc(C(C)C)c(S)cc1-n1nc(C(F)(F)F)nc1N(C)C. The first-order valence-corrected chi connectivity index (χ1v) is 8.08. The lowest BCUT2D eigenvalue weighted by atomic mass is 9.98. The molecule has 24 heavy (non-hydrogen) atoms. The predicted octanol–water partition coefficient (Wildman–Crippen LogP) is 4.33. The average Bonchev–Trinajstić information content (AvgIpc) is 2.91. The van der Waals surface area contributed by atoms with E-state index in [0.29, 0.717) is 12.1 Å². The van der Waals surface area contributed by atoms with Crippen LogP contribution >= 0.6 is 12.6 Å². The number of nitrogens with zero attached hydrogens (tertiary/aromatic N) is 4. The molecule has 0 N–H and O–H groups in total. The number of rotatable bonds is 4. The molecule has 0 bridgehead atoms. The Morgan fingerprint density at radius 2 is 1.88 bits per heavy atom. The van der Waals surface area contributed by atoms with E-state index in [4.69, 9.17) is 0 Å². The van der Waals surface area contributed by atoms with Crippen molar-refractivity contribution in [2.24, 2.45) is 0 Å². The van der Waals surface area contributed by atoms with Gasteiger partial charge in [-0.05, 0) is 29.5 Å². The fourth-order valence-corrected chi connectivity index (χ4v) is 2.90. The summed E-state index contributed by atoms with van der Waals surface area (Å²) in [6, 6.07) is 3.75. The van der Waals surface area contributed by atoms with E-state index < -0.39 is 12.0 Å². The minimum absolute atomic E-state index is 0.127. The fourth-order valence-electron chi connectivity index (χ4n) is 2.46. The summed E-state index contributed by atoms with van der Waals surface area (Å²) in [5.41, 5.74) is 2.53. The number of aryl methyl sites for hydroxylation is 1. The number of halogens is 3. The van der Waals surface area contributed by atoms with Crippen molar-refractivity contribution in [3.05, 3.63) is 29.1 Å². The van der Waals surface area contributed by atoms with Crippen LogP contribution in [0.2, 0.25) is 0 Å². The zero-order valence-electron chi connectivity index (χ0n) is 14.3. The summed E-state index contributed by atoms with van der Waals surface area (Å²) in [7, 11) is 3.27. The second-order valence-corrected chi connectivity index (χ2v) is 6.57. The Morgan fingerprint density at radius 1 is 1.25 bits per heavy atom. The highest BCUT2D eigenvalue weighted by atomic mass is 32.1. The molecule has 2 rings (SSSR count). The Kier molecular flexibility index (Phi) is 5.17. The number of aromatic nitrogens is 3. The monoisotopic (exact) mass is 358 g/mol. The number of thiol groups is 1. The molecule has 4 nitrogen and oxygen atoms in total. The van der Waals surface area contributed by atoms with Gasteiger partial charge in [0.05, 0.1) is 5.69 Å². The van der Waals surface area contributed by atoms with Crippen LogP contribution in [0.15, 0.2) is 17.0 Å². The van der Waals surface area contributed by atoms with Crippen LogP contribution in [0.1, 0.15) is 43.6 Å². The molecule has 1 aromatic carbocycles. The summed E-state index contributed by atoms with van der Waals surface area (Å²) in [6.07, 6.45) is -3.93. The largest absolute Gasteiger partial charge is 0.453 e. The molecule has 0 amide bonds. The van der Waals surface area contributed by atoms with E-state index in [-0.39, 0.29) is 11.9 Å². The number of hydrogen-bond donors (Lipinski definition) is 1. The van der Waals surface area contributed by atoms with Crippen LogP contribution in [0.3, 0.4) is 0 Å². The standard InChI is InChI=1S/C16H21F3N4S/c1-6-10-7-11(9(2)3)13(24)8-12(10)23-15(22(4)5)20-14(21-23)16(17,18)19/h7-9,24H,6H2,1-5H3. The third-order valence-corrected chi connectivity index (χ3v) is 4.09. The molecule has 0 saturated heterocycles. The molecule has 0 spiro atoms. The van der Waals surface area contributed by atoms with E-state index in [1.165, 1.54) is 9.58 Å². The highest BCUT2D eigenvalue weighted by Gasteiger charge is 2.38. The van der Waals surface area contributed by atoms with Gasteiger partial charge >= 0.3 is 6.18 Å². The van der Waals surface area contributed by atoms with Crippen LogP contribution in [0.25, 0.3) is 5.69 Å². The Hall–Kier alpha value is -1.70. The Bertz CT molecular complexity index is 736. The van der Waals surface area contributed by atoms with Gasteiger partial charge < -0.3 is 4.90 Å². The van der Waals surface area contributed by atoms with Crippen LogP contribution in [-0.4, -0.2) is 28.9 Å². The third-order valence-electron chi connectivity index (χ3n) is 3.70. The van der Waals surface area contributed by atoms with Gasteiger partial charge in [0.15, 0.2) is 0 Å². The number of alkyl halides is 3. The van der Waals surface area contributed by atoms with Crippen LogP contribution in [0.4, 0.5) is 19.1 Å². The first-order chi connectivity index (χ1) is 11.1. The molecular weight excluding hydrogens is 337 g/mol. The van der Waals surface area contributed by atoms with Crippen molar-refractivity contribution in [2.75, 3.05) is 19.0 Å². The topological polar surface area (TPSA) is 34.0 Å². The lowest BCUT2D eigenvalue weighted by Gasteiger charge is -2.18. The van der Waals surface area contributed by atoms with Crippen molar-refractivity contribution < 1.29 is 13.2 Å². The molecule has 0 aliphatic rings. The van der Waals surface area contributed by atoms with Crippen molar-refractivity contribution in [2.45, 2.75) is 44.2 Å². The van der Waals surface area contributed by atoms with Crippen LogP contribution in [-0.2, 0) is 12.6 Å². The summed E-state index contributed by atoms with van der Waals surface area (Å²) >= 11 is 4.50. The third kappa shape index (κ3) is 3.53. The van der Waals surface area contributed by atoms with E-state index in [1.54, 1.807) is 20.2 Å². The zero-order chi connectivity index (χ0) is 18.2. The van der Waals surface area contributed by atoms with Crippen molar-refractivity contribution in [3.8, 4) is 5.69 Å². The van der Waals surface area contributed by atoms with E-state index in [2.05, 4.69) is 36.6 Å². The lowest BCUT2D eigenvalue weighted by Crippen LogP contribution is -2.16. The van der Waals surface area contributed by atoms with E-state index >= 15 is 0 Å². The van der Waals surface area contributed by atoms with Gasteiger partial charge in [-0.15, -0.1) is 17.7 Å². The van der Waals surface area contributed by atoms with Crippen LogP contribution in [0.5, 0.6) is 0 Å². The Balaban J connectivity index is 2.71. The lowest BCUT2D eigenvalue weighted by molar-refractivity contribution is -0.144. The average molecular weight is 358 g/mol. The van der Waals surface area contributed by atoms with Gasteiger partial charge in [0.1, 0.15) is 0 Å². The number of benzene rings is 1. The quantitative estimate of drug-likeness (QED) is 0.826. The first-order valence-electron chi connectivity index (χ1n) is 7.64. The van der Waals surface area contributed by atoms with Crippen molar-refractivity contribution >= 4 is 18.6 Å². The van der Waals surface area contributed by atoms with E-state index in [0.717, 1.165) is 16.0 Å². The number of anilines is 1. The van der Waals surface area contributed by atoms with Gasteiger partial charge in [0, 0.05) is 19.0 Å². The molecule has 0 aliphatic heterocycles. The number of hydrogen-bond acceptors (Lipinski definition) is 4. The summed E-state index contributed by atoms with van der Waals surface area (Å²) < 4.78 is 40.3. The maximum absolute atomic E-state index is 13.0. The first kappa shape index (κ1) is 18.6. The van der Waals surface area contributed by atoms with Gasteiger partial charge in [-0.25, -0.2) is 0 Å². The minimum atomic E-state index is -4.59. The highest BCUT2D eigenvalue weighted by Crippen LogP contribution is 2.33. The van der Waals surface area contributed by atoms with E-state index in [9.17, 15) is 13.2 Å². The molecule has 8 heteroatoms. The maximum Gasteiger partial charge on any atom is 0.453 e. The summed E-state index contributed by atoms with van der Waals surface area (Å²) in [5, 5.41) is 3.70. The second kappa shape index (κ2) is 6.66. The Morgan fingerprint density at radius 3 is 2.33 bits per heavy atom. The predicted molar refractivity (Wildman–Crippen MR) is 91.4 cm³/mol. The van der Waals surface area contributed by atoms with Crippen molar-refractivity contribution in [1.29, 1.82) is 0 Å². The van der Waals surface area contributed by atoms with Gasteiger partial charge in [0.25, 0.3) is 5.82 Å². The normalized spacial score (nSPS) is 12.1. The molecule has 0 aliphatic carbocycles. The zero-order valence-corrected chi connectivity index (χ0v) is 15.2. The molecule has 0 unspecified atom stereocenters. The molecule has 132 valence electrons. The van der Waals surface area contributed by atoms with Gasteiger partial charge in [-0.3, -0.25) is 0 Å². The smallest absolute Gasteiger partial charge is 0.347 e. The van der Waals surface area contributed by atoms with Gasteiger partial charge in [-0.2, -0.15) is 22.8 Å². The highest BCUT2D eigenvalue weighted by molar-refractivity contribution is 7.80. The van der Waals surface area contributed by atoms with Crippen molar-refractivity contribution in [3.63, 3.8) is 0 Å². The minimum Gasteiger partial charge on any atom is -0.347 e. The molecule has 0 radical (unpaired) electrons. The molecular formula is C16H21F3N4S. The summed E-state index contributed by atoms with van der Waals surface area (Å²) in [4.78, 5) is 5.89. The van der Waals surface area contributed by atoms with Gasteiger partial charge in [0.2, 0.25) is 5.95 Å². The van der Waals surface area contributed by atoms with Crippen molar-refractivity contribution in [1.82, 2.24) is 14.8 Å². The summed E-state index contributed by atoms with van der Waals surface area (Å²) in [6.45, 7) is 6.06. The van der Waals surface area contributed by atoms with Crippen LogP contribution < -0.4 is 4.90 Å². The molecule has 0 fully saturated rings. The maximum atomic E-state index is 13.0. The summed E-state index contributed by atoms with van der Waals surface area (Å²) in [5.74, 6) is -0.754.